The van der Waals surface area contributed by atoms with Crippen molar-refractivity contribution in [3.8, 4) is 0 Å². The van der Waals surface area contributed by atoms with Crippen molar-refractivity contribution in [2.45, 2.75) is 6.92 Å². The Kier molecular flexibility index (Phi) is 6.25. The molecule has 0 bridgehead atoms. The first-order valence-corrected chi connectivity index (χ1v) is 9.12. The van der Waals surface area contributed by atoms with Crippen LogP contribution in [0, 0.1) is 0 Å². The fourth-order valence-corrected chi connectivity index (χ4v) is 2.78. The van der Waals surface area contributed by atoms with Crippen LogP contribution in [0.2, 0.25) is 5.02 Å². The van der Waals surface area contributed by atoms with Crippen molar-refractivity contribution < 1.29 is 9.59 Å². The van der Waals surface area contributed by atoms with Crippen LogP contribution in [0.15, 0.2) is 90.6 Å². The van der Waals surface area contributed by atoms with Crippen LogP contribution in [-0.2, 0) is 4.79 Å². The molecule has 0 unspecified atom stereocenters. The summed E-state index contributed by atoms with van der Waals surface area (Å²) >= 11 is 5.97. The Hall–Kier alpha value is -3.37. The van der Waals surface area contributed by atoms with Gasteiger partial charge >= 0.3 is 0 Å². The Bertz CT molecular complexity index is 998. The summed E-state index contributed by atoms with van der Waals surface area (Å²) < 4.78 is 0. The molecule has 4 nitrogen and oxygen atoms in total. The first kappa shape index (κ1) is 19.4. The zero-order valence-electron chi connectivity index (χ0n) is 15.3. The Morgan fingerprint density at radius 2 is 1.32 bits per heavy atom. The highest BCUT2D eigenvalue weighted by Gasteiger charge is 2.18. The number of amides is 2. The molecule has 5 heteroatoms. The van der Waals surface area contributed by atoms with E-state index in [1.807, 2.05) is 36.4 Å². The Morgan fingerprint density at radius 3 is 1.93 bits per heavy atom. The van der Waals surface area contributed by atoms with E-state index in [-0.39, 0.29) is 11.6 Å². The third kappa shape index (κ3) is 4.87. The molecule has 0 atom stereocenters. The van der Waals surface area contributed by atoms with Gasteiger partial charge in [-0.25, -0.2) is 0 Å². The SMILES string of the molecule is C/C(=C(/NC(=O)c1ccccc1)C(=O)Nc1ccccc1)c1ccc(Cl)cc1. The van der Waals surface area contributed by atoms with Gasteiger partial charge in [-0.1, -0.05) is 60.1 Å². The number of nitrogens with one attached hydrogen (secondary N) is 2. The van der Waals surface area contributed by atoms with Gasteiger partial charge in [0.2, 0.25) is 0 Å². The second-order valence-electron chi connectivity index (χ2n) is 6.15. The Labute approximate surface area is 168 Å². The van der Waals surface area contributed by atoms with Crippen molar-refractivity contribution in [3.63, 3.8) is 0 Å². The van der Waals surface area contributed by atoms with Crippen LogP contribution >= 0.6 is 11.6 Å². The minimum atomic E-state index is -0.400. The van der Waals surface area contributed by atoms with Crippen molar-refractivity contribution in [2.75, 3.05) is 5.32 Å². The van der Waals surface area contributed by atoms with Crippen molar-refractivity contribution in [1.29, 1.82) is 0 Å². The number of rotatable bonds is 5. The van der Waals surface area contributed by atoms with Crippen molar-refractivity contribution in [2.24, 2.45) is 0 Å². The molecule has 3 rings (SSSR count). The summed E-state index contributed by atoms with van der Waals surface area (Å²) in [4.78, 5) is 25.6. The maximum absolute atomic E-state index is 13.0. The number of benzene rings is 3. The molecule has 2 amide bonds. The highest BCUT2D eigenvalue weighted by atomic mass is 35.5. The third-order valence-corrected chi connectivity index (χ3v) is 4.44. The fourth-order valence-electron chi connectivity index (χ4n) is 2.66. The molecule has 140 valence electrons. The van der Waals surface area contributed by atoms with Gasteiger partial charge in [0.1, 0.15) is 5.70 Å². The second-order valence-corrected chi connectivity index (χ2v) is 6.58. The van der Waals surface area contributed by atoms with Gasteiger partial charge in [0, 0.05) is 16.3 Å². The summed E-state index contributed by atoms with van der Waals surface area (Å²) in [5, 5.41) is 6.18. The first-order chi connectivity index (χ1) is 13.5. The molecule has 0 aliphatic heterocycles. The van der Waals surface area contributed by atoms with Crippen LogP contribution in [-0.4, -0.2) is 11.8 Å². The van der Waals surface area contributed by atoms with Crippen LogP contribution in [0.5, 0.6) is 0 Å². The topological polar surface area (TPSA) is 58.2 Å². The standard InChI is InChI=1S/C23H19ClN2O2/c1-16(17-12-14-19(24)15-13-17)21(23(28)25-20-10-6-3-7-11-20)26-22(27)18-8-4-2-5-9-18/h2-15H,1H3,(H,25,28)(H,26,27)/b21-16-. The molecule has 0 fully saturated rings. The molecule has 0 radical (unpaired) electrons. The second kappa shape index (κ2) is 9.02. The Balaban J connectivity index is 1.95. The predicted octanol–water partition coefficient (Wildman–Crippen LogP) is 5.14. The number of halogens is 1. The van der Waals surface area contributed by atoms with Crippen molar-refractivity contribution >= 4 is 34.7 Å². The van der Waals surface area contributed by atoms with Gasteiger partial charge in [-0.3, -0.25) is 9.59 Å². The van der Waals surface area contributed by atoms with E-state index in [1.165, 1.54) is 0 Å². The average molecular weight is 391 g/mol. The van der Waals surface area contributed by atoms with Gasteiger partial charge in [-0.2, -0.15) is 0 Å². The van der Waals surface area contributed by atoms with Crippen LogP contribution < -0.4 is 10.6 Å². The predicted molar refractivity (Wildman–Crippen MR) is 113 cm³/mol. The summed E-state index contributed by atoms with van der Waals surface area (Å²) in [6, 6.07) is 24.9. The van der Waals surface area contributed by atoms with E-state index >= 15 is 0 Å². The molecule has 0 saturated carbocycles. The molecule has 0 aliphatic carbocycles. The first-order valence-electron chi connectivity index (χ1n) is 8.74. The number of hydrogen-bond acceptors (Lipinski definition) is 2. The molecule has 0 aromatic heterocycles. The number of para-hydroxylation sites is 1. The number of carbonyl (C=O) groups is 2. The van der Waals surface area contributed by atoms with Gasteiger partial charge in [-0.15, -0.1) is 0 Å². The summed E-state index contributed by atoms with van der Waals surface area (Å²) in [7, 11) is 0. The molecule has 0 saturated heterocycles. The molecule has 3 aromatic carbocycles. The smallest absolute Gasteiger partial charge is 0.272 e. The summed E-state index contributed by atoms with van der Waals surface area (Å²) in [6.07, 6.45) is 0. The van der Waals surface area contributed by atoms with E-state index in [2.05, 4.69) is 10.6 Å². The maximum atomic E-state index is 13.0. The fraction of sp³-hybridized carbons (Fsp3) is 0.0435. The van der Waals surface area contributed by atoms with Crippen molar-refractivity contribution in [1.82, 2.24) is 5.32 Å². The molecule has 0 aliphatic rings. The molecule has 3 aromatic rings. The van der Waals surface area contributed by atoms with E-state index in [4.69, 9.17) is 11.6 Å². The minimum absolute atomic E-state index is 0.181. The summed E-state index contributed by atoms with van der Waals surface area (Å²) in [6.45, 7) is 1.79. The van der Waals surface area contributed by atoms with E-state index in [0.717, 1.165) is 5.56 Å². The monoisotopic (exact) mass is 390 g/mol. The van der Waals surface area contributed by atoms with E-state index in [1.54, 1.807) is 55.5 Å². The van der Waals surface area contributed by atoms with Crippen LogP contribution in [0.4, 0.5) is 5.69 Å². The number of hydrogen-bond donors (Lipinski definition) is 2. The lowest BCUT2D eigenvalue weighted by Crippen LogP contribution is -2.31. The summed E-state index contributed by atoms with van der Waals surface area (Å²) in [5.74, 6) is -0.755. The van der Waals surface area contributed by atoms with Crippen LogP contribution in [0.3, 0.4) is 0 Å². The molecule has 0 heterocycles. The minimum Gasteiger partial charge on any atom is -0.321 e. The van der Waals surface area contributed by atoms with Crippen molar-refractivity contribution in [3.05, 3.63) is 107 Å². The molecular weight excluding hydrogens is 372 g/mol. The zero-order valence-corrected chi connectivity index (χ0v) is 16.0. The van der Waals surface area contributed by atoms with Gasteiger partial charge in [0.25, 0.3) is 11.8 Å². The van der Waals surface area contributed by atoms with E-state index < -0.39 is 5.91 Å². The van der Waals surface area contributed by atoms with Crippen LogP contribution in [0.1, 0.15) is 22.8 Å². The summed E-state index contributed by atoms with van der Waals surface area (Å²) in [5.41, 5.74) is 2.71. The zero-order chi connectivity index (χ0) is 19.9. The van der Waals surface area contributed by atoms with Gasteiger partial charge < -0.3 is 10.6 Å². The Morgan fingerprint density at radius 1 is 0.750 bits per heavy atom. The number of allylic oxidation sites excluding steroid dienone is 1. The third-order valence-electron chi connectivity index (χ3n) is 4.19. The van der Waals surface area contributed by atoms with Gasteiger partial charge in [0.15, 0.2) is 0 Å². The average Bonchev–Trinajstić information content (AvgIpc) is 2.73. The highest BCUT2D eigenvalue weighted by Crippen LogP contribution is 2.21. The number of anilines is 1. The molecular formula is C23H19ClN2O2. The lowest BCUT2D eigenvalue weighted by molar-refractivity contribution is -0.113. The maximum Gasteiger partial charge on any atom is 0.272 e. The van der Waals surface area contributed by atoms with E-state index in [9.17, 15) is 9.59 Å². The van der Waals surface area contributed by atoms with E-state index in [0.29, 0.717) is 21.8 Å². The quantitative estimate of drug-likeness (QED) is 0.592. The number of carbonyl (C=O) groups excluding carboxylic acids is 2. The van der Waals surface area contributed by atoms with Crippen LogP contribution in [0.25, 0.3) is 5.57 Å². The molecule has 2 N–H and O–H groups in total. The van der Waals surface area contributed by atoms with Gasteiger partial charge in [0.05, 0.1) is 0 Å². The molecule has 28 heavy (non-hydrogen) atoms. The lowest BCUT2D eigenvalue weighted by atomic mass is 10.0. The highest BCUT2D eigenvalue weighted by molar-refractivity contribution is 6.30. The normalized spacial score (nSPS) is 11.4. The lowest BCUT2D eigenvalue weighted by Gasteiger charge is -2.15. The molecule has 0 spiro atoms. The largest absolute Gasteiger partial charge is 0.321 e. The van der Waals surface area contributed by atoms with Gasteiger partial charge in [-0.05, 0) is 54.5 Å².